The zero-order valence-corrected chi connectivity index (χ0v) is 14.0. The van der Waals surface area contributed by atoms with E-state index >= 15 is 0 Å². The molecule has 2 rings (SSSR count). The minimum absolute atomic E-state index is 0.0917. The fourth-order valence-electron chi connectivity index (χ4n) is 1.70. The normalized spacial score (nSPS) is 11.3. The molecule has 2 aromatic rings. The number of hydrogen-bond acceptors (Lipinski definition) is 3. The minimum Gasteiger partial charge on any atom is -0.359 e. The lowest BCUT2D eigenvalue weighted by Crippen LogP contribution is -2.19. The second-order valence-electron chi connectivity index (χ2n) is 5.82. The Labute approximate surface area is 134 Å². The molecule has 2 N–H and O–H groups in total. The highest BCUT2D eigenvalue weighted by Gasteiger charge is 2.20. The van der Waals surface area contributed by atoms with Crippen LogP contribution in [0, 0.1) is 6.92 Å². The summed E-state index contributed by atoms with van der Waals surface area (Å²) in [4.78, 5) is 0. The quantitative estimate of drug-likeness (QED) is 0.781. The van der Waals surface area contributed by atoms with Crippen molar-refractivity contribution in [2.75, 3.05) is 10.6 Å². The van der Waals surface area contributed by atoms with E-state index in [9.17, 15) is 0 Å². The van der Waals surface area contributed by atoms with Crippen molar-refractivity contribution in [3.8, 4) is 0 Å². The molecule has 0 saturated carbocycles. The average Bonchev–Trinajstić information content (AvgIpc) is 2.83. The number of benzene rings is 1. The molecule has 6 heteroatoms. The number of nitrogens with one attached hydrogen (secondary N) is 2. The van der Waals surface area contributed by atoms with Crippen LogP contribution in [0.5, 0.6) is 0 Å². The minimum atomic E-state index is -0.0917. The van der Waals surface area contributed by atoms with Crippen molar-refractivity contribution in [3.63, 3.8) is 0 Å². The summed E-state index contributed by atoms with van der Waals surface area (Å²) in [5.74, 6) is 1.38. The Balaban J connectivity index is 2.05. The molecule has 1 aromatic carbocycles. The van der Waals surface area contributed by atoms with Crippen LogP contribution >= 0.6 is 23.8 Å². The van der Waals surface area contributed by atoms with E-state index in [2.05, 4.69) is 36.6 Å². The Morgan fingerprint density at radius 3 is 2.62 bits per heavy atom. The number of anilines is 2. The zero-order valence-electron chi connectivity index (χ0n) is 12.5. The van der Waals surface area contributed by atoms with Gasteiger partial charge in [-0.3, -0.25) is 0 Å². The van der Waals surface area contributed by atoms with Crippen LogP contribution in [-0.2, 0) is 5.41 Å². The van der Waals surface area contributed by atoms with Gasteiger partial charge in [0.05, 0.1) is 0 Å². The topological polar surface area (TPSA) is 50.1 Å². The van der Waals surface area contributed by atoms with Gasteiger partial charge in [0, 0.05) is 22.2 Å². The van der Waals surface area contributed by atoms with Gasteiger partial charge in [-0.25, -0.2) is 0 Å². The van der Waals surface area contributed by atoms with E-state index in [-0.39, 0.29) is 5.41 Å². The molecule has 4 nitrogen and oxygen atoms in total. The van der Waals surface area contributed by atoms with Gasteiger partial charge < -0.3 is 15.2 Å². The molecule has 0 atom stereocenters. The molecule has 0 spiro atoms. The van der Waals surface area contributed by atoms with Gasteiger partial charge in [-0.2, -0.15) is 0 Å². The van der Waals surface area contributed by atoms with Crippen LogP contribution in [0.3, 0.4) is 0 Å². The molecule has 0 saturated heterocycles. The van der Waals surface area contributed by atoms with Gasteiger partial charge in [-0.15, -0.1) is 0 Å². The van der Waals surface area contributed by atoms with Crippen LogP contribution in [0.4, 0.5) is 11.5 Å². The van der Waals surface area contributed by atoms with Crippen LogP contribution < -0.4 is 10.6 Å². The highest BCUT2D eigenvalue weighted by atomic mass is 35.5. The van der Waals surface area contributed by atoms with Crippen molar-refractivity contribution < 1.29 is 4.52 Å². The monoisotopic (exact) mass is 323 g/mol. The SMILES string of the molecule is Cc1c(Cl)cccc1NC(=S)Nc1cc(C(C)(C)C)on1. The van der Waals surface area contributed by atoms with Crippen molar-refractivity contribution in [2.24, 2.45) is 0 Å². The molecule has 0 aliphatic rings. The summed E-state index contributed by atoms with van der Waals surface area (Å²) in [6, 6.07) is 7.47. The van der Waals surface area contributed by atoms with Gasteiger partial charge in [0.25, 0.3) is 0 Å². The highest BCUT2D eigenvalue weighted by molar-refractivity contribution is 7.80. The van der Waals surface area contributed by atoms with E-state index in [1.165, 1.54) is 0 Å². The van der Waals surface area contributed by atoms with E-state index in [1.807, 2.05) is 31.2 Å². The number of thiocarbonyl (C=S) groups is 1. The van der Waals surface area contributed by atoms with Crippen LogP contribution in [-0.4, -0.2) is 10.3 Å². The molecule has 0 radical (unpaired) electrons. The van der Waals surface area contributed by atoms with E-state index < -0.39 is 0 Å². The molecule has 0 fully saturated rings. The second-order valence-corrected chi connectivity index (χ2v) is 6.63. The van der Waals surface area contributed by atoms with Crippen molar-refractivity contribution in [1.29, 1.82) is 0 Å². The smallest absolute Gasteiger partial charge is 0.176 e. The van der Waals surface area contributed by atoms with Crippen LogP contribution in [0.1, 0.15) is 32.1 Å². The Bertz CT molecular complexity index is 661. The van der Waals surface area contributed by atoms with Gasteiger partial charge in [0.15, 0.2) is 10.9 Å². The first-order valence-corrected chi connectivity index (χ1v) is 7.36. The maximum Gasteiger partial charge on any atom is 0.176 e. The third-order valence-electron chi connectivity index (χ3n) is 3.01. The Morgan fingerprint density at radius 2 is 2.00 bits per heavy atom. The molecule has 0 bridgehead atoms. The Hall–Kier alpha value is -1.59. The number of aromatic nitrogens is 1. The molecule has 0 unspecified atom stereocenters. The lowest BCUT2D eigenvalue weighted by Gasteiger charge is -2.12. The summed E-state index contributed by atoms with van der Waals surface area (Å²) in [5, 5.41) is 11.2. The number of halogens is 1. The maximum absolute atomic E-state index is 6.08. The maximum atomic E-state index is 6.08. The van der Waals surface area contributed by atoms with Crippen molar-refractivity contribution >= 4 is 40.4 Å². The average molecular weight is 324 g/mol. The Morgan fingerprint density at radius 1 is 1.29 bits per heavy atom. The summed E-state index contributed by atoms with van der Waals surface area (Å²) in [6.45, 7) is 8.11. The number of rotatable bonds is 2. The van der Waals surface area contributed by atoms with Gasteiger partial charge in [-0.05, 0) is 36.8 Å². The van der Waals surface area contributed by atoms with E-state index in [0.29, 0.717) is 16.0 Å². The molecular formula is C15H18ClN3OS. The first-order chi connectivity index (χ1) is 9.77. The third kappa shape index (κ3) is 3.95. The summed E-state index contributed by atoms with van der Waals surface area (Å²) in [6.07, 6.45) is 0. The first kappa shape index (κ1) is 15.8. The third-order valence-corrected chi connectivity index (χ3v) is 3.62. The molecule has 1 heterocycles. The summed E-state index contributed by atoms with van der Waals surface area (Å²) in [7, 11) is 0. The number of nitrogens with zero attached hydrogens (tertiary/aromatic N) is 1. The zero-order chi connectivity index (χ0) is 15.6. The van der Waals surface area contributed by atoms with Crippen molar-refractivity contribution in [3.05, 3.63) is 40.6 Å². The van der Waals surface area contributed by atoms with Crippen molar-refractivity contribution in [2.45, 2.75) is 33.1 Å². The molecule has 0 aliphatic heterocycles. The largest absolute Gasteiger partial charge is 0.359 e. The van der Waals surface area contributed by atoms with Crippen LogP contribution in [0.15, 0.2) is 28.8 Å². The molecule has 1 aromatic heterocycles. The number of hydrogen-bond donors (Lipinski definition) is 2. The predicted molar refractivity (Wildman–Crippen MR) is 91.2 cm³/mol. The van der Waals surface area contributed by atoms with Crippen LogP contribution in [0.2, 0.25) is 5.02 Å². The predicted octanol–water partition coefficient (Wildman–Crippen LogP) is 4.74. The van der Waals surface area contributed by atoms with E-state index in [1.54, 1.807) is 0 Å². The molecule has 21 heavy (non-hydrogen) atoms. The van der Waals surface area contributed by atoms with Crippen molar-refractivity contribution in [1.82, 2.24) is 5.16 Å². The first-order valence-electron chi connectivity index (χ1n) is 6.57. The summed E-state index contributed by atoms with van der Waals surface area (Å²) < 4.78 is 5.30. The van der Waals surface area contributed by atoms with E-state index in [0.717, 1.165) is 17.0 Å². The van der Waals surface area contributed by atoms with Gasteiger partial charge >= 0.3 is 0 Å². The second kappa shape index (κ2) is 6.03. The summed E-state index contributed by atoms with van der Waals surface area (Å²) >= 11 is 11.4. The highest BCUT2D eigenvalue weighted by Crippen LogP contribution is 2.25. The fourth-order valence-corrected chi connectivity index (χ4v) is 2.09. The van der Waals surface area contributed by atoms with Gasteiger partial charge in [0.1, 0.15) is 5.76 Å². The Kier molecular flexibility index (Phi) is 4.54. The molecule has 0 aliphatic carbocycles. The molecule has 0 amide bonds. The molecule has 112 valence electrons. The molecular weight excluding hydrogens is 306 g/mol. The standard InChI is InChI=1S/C15H18ClN3OS/c1-9-10(16)6-5-7-11(9)17-14(21)18-13-8-12(20-19-13)15(2,3)4/h5-8H,1-4H3,(H2,17,18,19,21). The van der Waals surface area contributed by atoms with E-state index in [4.69, 9.17) is 28.3 Å². The summed E-state index contributed by atoms with van der Waals surface area (Å²) in [5.41, 5.74) is 1.71. The lowest BCUT2D eigenvalue weighted by molar-refractivity contribution is 0.331. The van der Waals surface area contributed by atoms with Gasteiger partial charge in [0.2, 0.25) is 0 Å². The van der Waals surface area contributed by atoms with Gasteiger partial charge in [-0.1, -0.05) is 43.6 Å². The van der Waals surface area contributed by atoms with Crippen LogP contribution in [0.25, 0.3) is 0 Å². The lowest BCUT2D eigenvalue weighted by atomic mass is 9.93. The fraction of sp³-hybridized carbons (Fsp3) is 0.333.